The van der Waals surface area contributed by atoms with E-state index in [4.69, 9.17) is 34.8 Å². The second-order valence-electron chi connectivity index (χ2n) is 4.06. The van der Waals surface area contributed by atoms with Gasteiger partial charge in [0.2, 0.25) is 5.28 Å². The highest BCUT2D eigenvalue weighted by molar-refractivity contribution is 6.36. The molecular formula is C11H8Cl3N5. The van der Waals surface area contributed by atoms with Gasteiger partial charge in [-0.25, -0.2) is 14.6 Å². The molecule has 98 valence electrons. The van der Waals surface area contributed by atoms with Gasteiger partial charge in [0.15, 0.2) is 5.65 Å². The minimum Gasteiger partial charge on any atom is -0.304 e. The zero-order chi connectivity index (χ0) is 13.6. The highest BCUT2D eigenvalue weighted by atomic mass is 35.5. The van der Waals surface area contributed by atoms with Crippen molar-refractivity contribution in [1.82, 2.24) is 24.1 Å². The molecule has 0 aromatic carbocycles. The van der Waals surface area contributed by atoms with Crippen LogP contribution in [0.4, 0.5) is 0 Å². The van der Waals surface area contributed by atoms with Crippen molar-refractivity contribution >= 4 is 40.4 Å². The molecule has 19 heavy (non-hydrogen) atoms. The Morgan fingerprint density at radius 3 is 2.63 bits per heavy atom. The summed E-state index contributed by atoms with van der Waals surface area (Å²) in [6, 6.07) is 1.66. The van der Waals surface area contributed by atoms with Crippen molar-refractivity contribution in [1.29, 1.82) is 0 Å². The van der Waals surface area contributed by atoms with E-state index < -0.39 is 0 Å². The monoisotopic (exact) mass is 315 g/mol. The largest absolute Gasteiger partial charge is 0.304 e. The average Bonchev–Trinajstić information content (AvgIpc) is 2.83. The molecule has 0 N–H and O–H groups in total. The van der Waals surface area contributed by atoms with E-state index in [0.717, 1.165) is 11.5 Å². The van der Waals surface area contributed by atoms with Gasteiger partial charge >= 0.3 is 0 Å². The van der Waals surface area contributed by atoms with Gasteiger partial charge in [-0.05, 0) is 24.6 Å². The topological polar surface area (TPSA) is 48.0 Å². The Bertz CT molecular complexity index is 761. The number of aryl methyl sites for hydroxylation is 1. The molecule has 0 unspecified atom stereocenters. The maximum absolute atomic E-state index is 6.09. The van der Waals surface area contributed by atoms with Crippen LogP contribution in [-0.4, -0.2) is 24.1 Å². The van der Waals surface area contributed by atoms with Crippen molar-refractivity contribution in [2.75, 3.05) is 0 Å². The molecule has 3 rings (SSSR count). The molecule has 0 aliphatic rings. The molecule has 8 heteroatoms. The van der Waals surface area contributed by atoms with Gasteiger partial charge in [0.1, 0.15) is 5.82 Å². The fraction of sp³-hybridized carbons (Fsp3) is 0.182. The van der Waals surface area contributed by atoms with Crippen LogP contribution in [0.3, 0.4) is 0 Å². The Morgan fingerprint density at radius 1 is 1.16 bits per heavy atom. The maximum atomic E-state index is 6.09. The fourth-order valence-corrected chi connectivity index (χ4v) is 2.58. The summed E-state index contributed by atoms with van der Waals surface area (Å²) in [6.07, 6.45) is 3.60. The van der Waals surface area contributed by atoms with Crippen molar-refractivity contribution in [3.63, 3.8) is 0 Å². The van der Waals surface area contributed by atoms with E-state index in [1.54, 1.807) is 21.3 Å². The molecule has 0 fully saturated rings. The summed E-state index contributed by atoms with van der Waals surface area (Å²) in [5.74, 6) is 0.728. The number of hydrogen-bond donors (Lipinski definition) is 0. The molecule has 0 aliphatic carbocycles. The van der Waals surface area contributed by atoms with E-state index in [-0.39, 0.29) is 5.28 Å². The van der Waals surface area contributed by atoms with Gasteiger partial charge in [-0.3, -0.25) is 0 Å². The summed E-state index contributed by atoms with van der Waals surface area (Å²) in [5.41, 5.74) is 1.46. The van der Waals surface area contributed by atoms with Gasteiger partial charge < -0.3 is 4.40 Å². The number of pyridine rings is 1. The SMILES string of the molecule is Cc1nc(Cl)nn1Cc1cn2cc(Cl)cc(Cl)c2n1. The van der Waals surface area contributed by atoms with Crippen LogP contribution in [0.2, 0.25) is 15.3 Å². The van der Waals surface area contributed by atoms with Gasteiger partial charge in [0.25, 0.3) is 0 Å². The Kier molecular flexibility index (Phi) is 3.12. The van der Waals surface area contributed by atoms with E-state index in [1.807, 2.05) is 13.1 Å². The second-order valence-corrected chi connectivity index (χ2v) is 5.24. The average molecular weight is 317 g/mol. The van der Waals surface area contributed by atoms with E-state index in [0.29, 0.717) is 22.2 Å². The van der Waals surface area contributed by atoms with Crippen molar-refractivity contribution in [2.24, 2.45) is 0 Å². The molecule has 0 saturated carbocycles. The molecule has 0 radical (unpaired) electrons. The summed E-state index contributed by atoms with van der Waals surface area (Å²) >= 11 is 17.8. The first-order valence-corrected chi connectivity index (χ1v) is 6.56. The van der Waals surface area contributed by atoms with Crippen LogP contribution in [0, 0.1) is 6.92 Å². The zero-order valence-corrected chi connectivity index (χ0v) is 12.1. The van der Waals surface area contributed by atoms with Crippen LogP contribution in [0.15, 0.2) is 18.5 Å². The first-order valence-electron chi connectivity index (χ1n) is 5.42. The lowest BCUT2D eigenvalue weighted by atomic mass is 10.5. The molecule has 0 bridgehead atoms. The lowest BCUT2D eigenvalue weighted by Crippen LogP contribution is -2.04. The van der Waals surface area contributed by atoms with Crippen molar-refractivity contribution in [3.05, 3.63) is 45.3 Å². The second kappa shape index (κ2) is 4.67. The van der Waals surface area contributed by atoms with Gasteiger partial charge in [-0.15, -0.1) is 5.10 Å². The summed E-state index contributed by atoms with van der Waals surface area (Å²) in [7, 11) is 0. The molecule has 3 aromatic rings. The highest BCUT2D eigenvalue weighted by Crippen LogP contribution is 2.22. The third-order valence-electron chi connectivity index (χ3n) is 2.67. The van der Waals surface area contributed by atoms with Crippen LogP contribution in [0.5, 0.6) is 0 Å². The minimum absolute atomic E-state index is 0.224. The first kappa shape index (κ1) is 12.7. The van der Waals surface area contributed by atoms with Crippen molar-refractivity contribution in [3.8, 4) is 0 Å². The number of hydrogen-bond acceptors (Lipinski definition) is 3. The van der Waals surface area contributed by atoms with Gasteiger partial charge in [-0.1, -0.05) is 23.2 Å². The number of nitrogens with zero attached hydrogens (tertiary/aromatic N) is 5. The van der Waals surface area contributed by atoms with E-state index in [1.165, 1.54) is 0 Å². The molecule has 3 heterocycles. The molecule has 0 amide bonds. The Morgan fingerprint density at radius 2 is 1.95 bits per heavy atom. The van der Waals surface area contributed by atoms with Gasteiger partial charge in [0, 0.05) is 12.4 Å². The summed E-state index contributed by atoms with van der Waals surface area (Å²) in [6.45, 7) is 2.31. The summed E-state index contributed by atoms with van der Waals surface area (Å²) in [5, 5.41) is 5.37. The van der Waals surface area contributed by atoms with Gasteiger partial charge in [-0.2, -0.15) is 0 Å². The first-order chi connectivity index (χ1) is 9.02. The van der Waals surface area contributed by atoms with Crippen LogP contribution >= 0.6 is 34.8 Å². The van der Waals surface area contributed by atoms with Crippen LogP contribution in [-0.2, 0) is 6.54 Å². The van der Waals surface area contributed by atoms with Crippen molar-refractivity contribution in [2.45, 2.75) is 13.5 Å². The van der Waals surface area contributed by atoms with Crippen molar-refractivity contribution < 1.29 is 0 Å². The number of halogens is 3. The Labute approximate surface area is 123 Å². The van der Waals surface area contributed by atoms with Crippen LogP contribution in [0.1, 0.15) is 11.5 Å². The molecule has 3 aromatic heterocycles. The number of aromatic nitrogens is 5. The third-order valence-corrected chi connectivity index (χ3v) is 3.31. The molecular weight excluding hydrogens is 309 g/mol. The van der Waals surface area contributed by atoms with Crippen LogP contribution < -0.4 is 0 Å². The van der Waals surface area contributed by atoms with Crippen LogP contribution in [0.25, 0.3) is 5.65 Å². The molecule has 0 saturated heterocycles. The maximum Gasteiger partial charge on any atom is 0.242 e. The highest BCUT2D eigenvalue weighted by Gasteiger charge is 2.10. The number of imidazole rings is 1. The lowest BCUT2D eigenvalue weighted by molar-refractivity contribution is 0.651. The van der Waals surface area contributed by atoms with E-state index in [9.17, 15) is 0 Å². The predicted molar refractivity (Wildman–Crippen MR) is 74.1 cm³/mol. The standard InChI is InChI=1S/C11H8Cl3N5/c1-6-15-11(14)17-19(6)5-8-4-18-3-7(12)2-9(13)10(18)16-8/h2-4H,5H2,1H3. The molecule has 0 aliphatic heterocycles. The number of fused-ring (bicyclic) bond motifs is 1. The molecule has 0 spiro atoms. The Balaban J connectivity index is 2.02. The third kappa shape index (κ3) is 2.41. The summed E-state index contributed by atoms with van der Waals surface area (Å²) < 4.78 is 3.47. The van der Waals surface area contributed by atoms with E-state index >= 15 is 0 Å². The predicted octanol–water partition coefficient (Wildman–Crippen LogP) is 3.24. The zero-order valence-electron chi connectivity index (χ0n) is 9.81. The Hall–Kier alpha value is -1.30. The lowest BCUT2D eigenvalue weighted by Gasteiger charge is -1.97. The van der Waals surface area contributed by atoms with E-state index in [2.05, 4.69) is 15.1 Å². The van der Waals surface area contributed by atoms with Gasteiger partial charge in [0.05, 0.1) is 22.3 Å². The number of rotatable bonds is 2. The fourth-order valence-electron chi connectivity index (χ4n) is 1.84. The molecule has 0 atom stereocenters. The molecule has 5 nitrogen and oxygen atoms in total. The quantitative estimate of drug-likeness (QED) is 0.729. The summed E-state index contributed by atoms with van der Waals surface area (Å²) in [4.78, 5) is 8.47. The normalized spacial score (nSPS) is 11.4. The minimum atomic E-state index is 0.224. The smallest absolute Gasteiger partial charge is 0.242 e.